The predicted octanol–water partition coefficient (Wildman–Crippen LogP) is 0.295. The van der Waals surface area contributed by atoms with Gasteiger partial charge in [-0.15, -0.1) is 0 Å². The molecule has 2 fully saturated rings. The Balaban J connectivity index is 1.93. The van der Waals surface area contributed by atoms with E-state index in [9.17, 15) is 9.59 Å². The minimum Gasteiger partial charge on any atom is -0.481 e. The number of carbonyl (C=O) groups is 2. The third-order valence-corrected chi connectivity index (χ3v) is 4.25. The number of hydrogen-bond acceptors (Lipinski definition) is 4. The van der Waals surface area contributed by atoms with Crippen LogP contribution in [0.2, 0.25) is 0 Å². The summed E-state index contributed by atoms with van der Waals surface area (Å²) >= 11 is 0. The van der Waals surface area contributed by atoms with E-state index < -0.39 is 17.9 Å². The van der Waals surface area contributed by atoms with Crippen LogP contribution in [0.3, 0.4) is 0 Å². The smallest absolute Gasteiger partial charge is 0.317 e. The fourth-order valence-corrected chi connectivity index (χ4v) is 2.94. The molecule has 7 nitrogen and oxygen atoms in total. The van der Waals surface area contributed by atoms with Gasteiger partial charge in [0.2, 0.25) is 0 Å². The third kappa shape index (κ3) is 3.04. The molecule has 0 aromatic heterocycles. The van der Waals surface area contributed by atoms with E-state index in [-0.39, 0.29) is 31.4 Å². The number of urea groups is 1. The van der Waals surface area contributed by atoms with E-state index in [4.69, 9.17) is 14.6 Å². The number of aliphatic carboxylic acids is 1. The highest BCUT2D eigenvalue weighted by molar-refractivity contribution is 5.77. The van der Waals surface area contributed by atoms with Crippen molar-refractivity contribution in [2.24, 2.45) is 5.92 Å². The van der Waals surface area contributed by atoms with Gasteiger partial charge in [-0.2, -0.15) is 0 Å². The van der Waals surface area contributed by atoms with Gasteiger partial charge in [0.25, 0.3) is 0 Å². The van der Waals surface area contributed by atoms with Gasteiger partial charge in [0, 0.05) is 14.2 Å². The summed E-state index contributed by atoms with van der Waals surface area (Å²) in [6, 6.07) is -0.684. The van der Waals surface area contributed by atoms with Crippen LogP contribution in [0.4, 0.5) is 4.79 Å². The van der Waals surface area contributed by atoms with Gasteiger partial charge in [-0.3, -0.25) is 4.79 Å². The second-order valence-electron chi connectivity index (χ2n) is 5.42. The SMILES string of the molecule is COC1CCCC1NC(=O)N(C)C1COCC1C(=O)O. The summed E-state index contributed by atoms with van der Waals surface area (Å²) in [4.78, 5) is 24.8. The van der Waals surface area contributed by atoms with Crippen molar-refractivity contribution >= 4 is 12.0 Å². The van der Waals surface area contributed by atoms with Crippen LogP contribution < -0.4 is 5.32 Å². The number of carboxylic acid groups (broad SMARTS) is 1. The monoisotopic (exact) mass is 286 g/mol. The van der Waals surface area contributed by atoms with Gasteiger partial charge in [-0.05, 0) is 19.3 Å². The normalized spacial score (nSPS) is 33.1. The molecule has 4 unspecified atom stereocenters. The summed E-state index contributed by atoms with van der Waals surface area (Å²) in [5.74, 6) is -1.59. The molecule has 1 aliphatic heterocycles. The Bertz CT molecular complexity index is 376. The molecule has 2 aliphatic rings. The molecule has 1 saturated heterocycles. The molecule has 0 bridgehead atoms. The first-order valence-electron chi connectivity index (χ1n) is 6.91. The Morgan fingerprint density at radius 2 is 2.10 bits per heavy atom. The lowest BCUT2D eigenvalue weighted by Crippen LogP contribution is -2.52. The number of methoxy groups -OCH3 is 1. The summed E-state index contributed by atoms with van der Waals surface area (Å²) in [6.07, 6.45) is 2.90. The number of rotatable bonds is 4. The van der Waals surface area contributed by atoms with Gasteiger partial charge < -0.3 is 24.8 Å². The van der Waals surface area contributed by atoms with Crippen LogP contribution in [0, 0.1) is 5.92 Å². The Morgan fingerprint density at radius 3 is 2.75 bits per heavy atom. The molecular weight excluding hydrogens is 264 g/mol. The Hall–Kier alpha value is -1.34. The first-order chi connectivity index (χ1) is 9.54. The minimum absolute atomic E-state index is 0.000509. The molecule has 0 spiro atoms. The van der Waals surface area contributed by atoms with Crippen LogP contribution in [-0.2, 0) is 14.3 Å². The molecule has 1 saturated carbocycles. The lowest BCUT2D eigenvalue weighted by molar-refractivity contribution is -0.142. The Labute approximate surface area is 118 Å². The van der Waals surface area contributed by atoms with Crippen LogP contribution in [0.25, 0.3) is 0 Å². The Kier molecular flexibility index (Phi) is 4.82. The maximum absolute atomic E-state index is 12.2. The van der Waals surface area contributed by atoms with Crippen molar-refractivity contribution in [1.82, 2.24) is 10.2 Å². The second-order valence-corrected chi connectivity index (χ2v) is 5.42. The molecule has 114 valence electrons. The Morgan fingerprint density at radius 1 is 1.35 bits per heavy atom. The average Bonchev–Trinajstić information content (AvgIpc) is 3.05. The van der Waals surface area contributed by atoms with Gasteiger partial charge in [-0.25, -0.2) is 4.79 Å². The predicted molar refractivity (Wildman–Crippen MR) is 70.5 cm³/mol. The number of nitrogens with one attached hydrogen (secondary N) is 1. The second kappa shape index (κ2) is 6.41. The van der Waals surface area contributed by atoms with Crippen molar-refractivity contribution in [2.75, 3.05) is 27.4 Å². The van der Waals surface area contributed by atoms with Gasteiger partial charge in [-0.1, -0.05) is 0 Å². The fraction of sp³-hybridized carbons (Fsp3) is 0.846. The van der Waals surface area contributed by atoms with Crippen LogP contribution >= 0.6 is 0 Å². The molecule has 2 amide bonds. The number of nitrogens with zero attached hydrogens (tertiary/aromatic N) is 1. The number of amides is 2. The van der Waals surface area contributed by atoms with E-state index >= 15 is 0 Å². The highest BCUT2D eigenvalue weighted by Crippen LogP contribution is 2.23. The average molecular weight is 286 g/mol. The molecule has 7 heteroatoms. The van der Waals surface area contributed by atoms with E-state index in [0.717, 1.165) is 19.3 Å². The summed E-state index contributed by atoms with van der Waals surface area (Å²) in [5.41, 5.74) is 0. The zero-order valence-corrected chi connectivity index (χ0v) is 11.9. The first-order valence-corrected chi connectivity index (χ1v) is 6.91. The molecule has 20 heavy (non-hydrogen) atoms. The van der Waals surface area contributed by atoms with E-state index in [1.165, 1.54) is 4.90 Å². The standard InChI is InChI=1S/C13H22N2O5/c1-15(10-7-20-6-8(10)12(16)17)13(18)14-9-4-3-5-11(9)19-2/h8-11H,3-7H2,1-2H3,(H,14,18)(H,16,17). The van der Waals surface area contributed by atoms with Crippen molar-refractivity contribution in [2.45, 2.75) is 37.5 Å². The van der Waals surface area contributed by atoms with E-state index in [1.807, 2.05) is 0 Å². The number of carbonyl (C=O) groups excluding carboxylic acids is 1. The molecule has 1 aliphatic carbocycles. The van der Waals surface area contributed by atoms with Gasteiger partial charge in [0.15, 0.2) is 0 Å². The molecule has 0 radical (unpaired) electrons. The summed E-state index contributed by atoms with van der Waals surface area (Å²) in [6.45, 7) is 0.418. The molecule has 0 aromatic carbocycles. The zero-order valence-electron chi connectivity index (χ0n) is 11.9. The minimum atomic E-state index is -0.928. The summed E-state index contributed by atoms with van der Waals surface area (Å²) in [5, 5.41) is 12.0. The van der Waals surface area contributed by atoms with Crippen LogP contribution in [0.15, 0.2) is 0 Å². The van der Waals surface area contributed by atoms with Crippen LogP contribution in [0.5, 0.6) is 0 Å². The van der Waals surface area contributed by atoms with Crippen LogP contribution in [0.1, 0.15) is 19.3 Å². The number of carboxylic acids is 1. The van der Waals surface area contributed by atoms with Crippen molar-refractivity contribution in [1.29, 1.82) is 0 Å². The lowest BCUT2D eigenvalue weighted by atomic mass is 10.0. The highest BCUT2D eigenvalue weighted by atomic mass is 16.5. The van der Waals surface area contributed by atoms with Crippen molar-refractivity contribution in [3.8, 4) is 0 Å². The topological polar surface area (TPSA) is 88.1 Å². The van der Waals surface area contributed by atoms with Crippen molar-refractivity contribution in [3.05, 3.63) is 0 Å². The highest BCUT2D eigenvalue weighted by Gasteiger charge is 2.39. The maximum Gasteiger partial charge on any atom is 0.317 e. The van der Waals surface area contributed by atoms with Crippen molar-refractivity contribution in [3.63, 3.8) is 0 Å². The number of ether oxygens (including phenoxy) is 2. The van der Waals surface area contributed by atoms with Gasteiger partial charge in [0.1, 0.15) is 5.92 Å². The van der Waals surface area contributed by atoms with E-state index in [2.05, 4.69) is 5.32 Å². The largest absolute Gasteiger partial charge is 0.481 e. The summed E-state index contributed by atoms with van der Waals surface area (Å²) in [7, 11) is 3.26. The third-order valence-electron chi connectivity index (χ3n) is 4.25. The maximum atomic E-state index is 12.2. The molecule has 2 N–H and O–H groups in total. The lowest BCUT2D eigenvalue weighted by Gasteiger charge is -2.29. The summed E-state index contributed by atoms with van der Waals surface area (Å²) < 4.78 is 10.5. The molecule has 2 rings (SSSR count). The van der Waals surface area contributed by atoms with E-state index in [1.54, 1.807) is 14.2 Å². The number of hydrogen-bond donors (Lipinski definition) is 2. The van der Waals surface area contributed by atoms with Crippen LogP contribution in [-0.4, -0.2) is 67.6 Å². The number of likely N-dealkylation sites (N-methyl/N-ethyl adjacent to an activating group) is 1. The fourth-order valence-electron chi connectivity index (χ4n) is 2.94. The zero-order chi connectivity index (χ0) is 14.7. The molecular formula is C13H22N2O5. The quantitative estimate of drug-likeness (QED) is 0.776. The molecule has 4 atom stereocenters. The van der Waals surface area contributed by atoms with Gasteiger partial charge >= 0.3 is 12.0 Å². The molecule has 1 heterocycles. The van der Waals surface area contributed by atoms with Crippen molar-refractivity contribution < 1.29 is 24.2 Å². The first kappa shape index (κ1) is 15.1. The molecule has 0 aromatic rings. The van der Waals surface area contributed by atoms with Gasteiger partial charge in [0.05, 0.1) is 31.4 Å². The van der Waals surface area contributed by atoms with E-state index in [0.29, 0.717) is 0 Å².